The summed E-state index contributed by atoms with van der Waals surface area (Å²) >= 11 is 0. The average molecular weight is 305 g/mol. The van der Waals surface area contributed by atoms with Crippen LogP contribution in [0.5, 0.6) is 0 Å². The normalized spacial score (nSPS) is 39.9. The summed E-state index contributed by atoms with van der Waals surface area (Å²) in [5, 5.41) is 22.1. The Balaban J connectivity index is 2.38. The lowest BCUT2D eigenvalue weighted by atomic mass is 9.64. The monoisotopic (exact) mass is 305 g/mol. The van der Waals surface area contributed by atoms with Crippen LogP contribution in [0.2, 0.25) is 0 Å². The molecule has 0 unspecified atom stereocenters. The maximum Gasteiger partial charge on any atom is 0.106 e. The second-order valence-electron chi connectivity index (χ2n) is 7.12. The molecular weight excluding hydrogens is 274 g/mol. The van der Waals surface area contributed by atoms with Crippen molar-refractivity contribution in [2.45, 2.75) is 77.3 Å². The van der Waals surface area contributed by atoms with Gasteiger partial charge in [0.15, 0.2) is 0 Å². The fraction of sp³-hybridized carbons (Fsp3) is 0.684. The zero-order chi connectivity index (χ0) is 16.5. The molecule has 5 atom stereocenters. The van der Waals surface area contributed by atoms with E-state index in [-0.39, 0.29) is 18.0 Å². The van der Waals surface area contributed by atoms with Gasteiger partial charge in [-0.3, -0.25) is 4.90 Å². The van der Waals surface area contributed by atoms with E-state index in [9.17, 15) is 10.2 Å². The lowest BCUT2D eigenvalue weighted by Gasteiger charge is -2.59. The van der Waals surface area contributed by atoms with Gasteiger partial charge in [-0.2, -0.15) is 0 Å². The first-order chi connectivity index (χ1) is 10.3. The van der Waals surface area contributed by atoms with Gasteiger partial charge in [-0.15, -0.1) is 0 Å². The highest BCUT2D eigenvalue weighted by Gasteiger charge is 2.58. The summed E-state index contributed by atoms with van der Waals surface area (Å²) in [6.07, 6.45) is 1.83. The number of hydrogen-bond donors (Lipinski definition) is 2. The Morgan fingerprint density at radius 3 is 2.09 bits per heavy atom. The van der Waals surface area contributed by atoms with Gasteiger partial charge in [0, 0.05) is 24.5 Å². The van der Waals surface area contributed by atoms with E-state index in [1.165, 1.54) is 5.56 Å². The van der Waals surface area contributed by atoms with Crippen LogP contribution in [0.4, 0.5) is 0 Å². The molecule has 1 aliphatic heterocycles. The lowest BCUT2D eigenvalue weighted by molar-refractivity contribution is -0.243. The van der Waals surface area contributed by atoms with Gasteiger partial charge < -0.3 is 10.2 Å². The van der Waals surface area contributed by atoms with Gasteiger partial charge in [-0.25, -0.2) is 0 Å². The van der Waals surface area contributed by atoms with Crippen LogP contribution >= 0.6 is 0 Å². The Morgan fingerprint density at radius 1 is 1.00 bits per heavy atom. The molecule has 2 rings (SSSR count). The van der Waals surface area contributed by atoms with Crippen LogP contribution < -0.4 is 0 Å². The van der Waals surface area contributed by atoms with Crippen molar-refractivity contribution in [2.24, 2.45) is 5.92 Å². The molecule has 0 saturated carbocycles. The summed E-state index contributed by atoms with van der Waals surface area (Å²) in [4.78, 5) is 2.38. The van der Waals surface area contributed by atoms with E-state index >= 15 is 0 Å². The van der Waals surface area contributed by atoms with E-state index < -0.39 is 11.2 Å². The highest BCUT2D eigenvalue weighted by molar-refractivity contribution is 5.18. The summed E-state index contributed by atoms with van der Waals surface area (Å²) in [6.45, 7) is 10.7. The number of aliphatic hydroxyl groups is 2. The molecule has 0 aliphatic carbocycles. The smallest absolute Gasteiger partial charge is 0.106 e. The predicted molar refractivity (Wildman–Crippen MR) is 90.6 cm³/mol. The topological polar surface area (TPSA) is 43.7 Å². The minimum absolute atomic E-state index is 0.0624. The number of rotatable bonds is 4. The van der Waals surface area contributed by atoms with Crippen LogP contribution in [-0.4, -0.2) is 38.4 Å². The van der Waals surface area contributed by atoms with E-state index in [1.807, 2.05) is 13.0 Å². The molecular formula is C19H31NO2. The van der Waals surface area contributed by atoms with Crippen LogP contribution in [0, 0.1) is 5.92 Å². The third-order valence-electron chi connectivity index (χ3n) is 6.01. The fourth-order valence-corrected chi connectivity index (χ4v) is 4.25. The summed E-state index contributed by atoms with van der Waals surface area (Å²) in [6, 6.07) is 10.6. The Bertz CT molecular complexity index is 483. The first-order valence-corrected chi connectivity index (χ1v) is 8.51. The van der Waals surface area contributed by atoms with Gasteiger partial charge >= 0.3 is 0 Å². The quantitative estimate of drug-likeness (QED) is 0.898. The van der Waals surface area contributed by atoms with E-state index in [2.05, 4.69) is 43.0 Å². The molecule has 1 heterocycles. The molecule has 1 aromatic rings. The molecule has 1 saturated heterocycles. The molecule has 3 heteroatoms. The predicted octanol–water partition coefficient (Wildman–Crippen LogP) is 3.20. The van der Waals surface area contributed by atoms with Crippen molar-refractivity contribution in [1.29, 1.82) is 0 Å². The Labute approximate surface area is 135 Å². The van der Waals surface area contributed by atoms with Gasteiger partial charge in [0.2, 0.25) is 0 Å². The minimum atomic E-state index is -1.13. The minimum Gasteiger partial charge on any atom is -0.387 e. The maximum absolute atomic E-state index is 11.0. The summed E-state index contributed by atoms with van der Waals surface area (Å²) < 4.78 is 0. The number of piperidine rings is 1. The van der Waals surface area contributed by atoms with Gasteiger partial charge in [0.05, 0.1) is 5.60 Å². The van der Waals surface area contributed by atoms with Crippen LogP contribution in [0.1, 0.15) is 53.0 Å². The van der Waals surface area contributed by atoms with Gasteiger partial charge in [0.25, 0.3) is 0 Å². The molecule has 22 heavy (non-hydrogen) atoms. The van der Waals surface area contributed by atoms with Crippen molar-refractivity contribution in [1.82, 2.24) is 4.90 Å². The summed E-state index contributed by atoms with van der Waals surface area (Å²) in [5.74, 6) is 0.0624. The molecule has 0 amide bonds. The Hall–Kier alpha value is -0.900. The molecule has 0 spiro atoms. The van der Waals surface area contributed by atoms with Crippen LogP contribution in [0.15, 0.2) is 30.3 Å². The SMILES string of the molecule is CC[C@@H]1[C@@H](CC)[C@](C)(O)[C@@](C)(O)[C@@H](C)N1Cc1ccccc1. The fourth-order valence-electron chi connectivity index (χ4n) is 4.25. The standard InChI is InChI=1S/C19H31NO2/c1-6-16-17(7-2)20(13-15-11-9-8-10-12-15)14(3)18(4,21)19(16,5)22/h8-12,14,16-17,21-22H,6-7,13H2,1-5H3/t14-,16-,17-,18+,19+/m1/s1. The van der Waals surface area contributed by atoms with Crippen LogP contribution in [0.25, 0.3) is 0 Å². The van der Waals surface area contributed by atoms with Crippen molar-refractivity contribution >= 4 is 0 Å². The Kier molecular flexibility index (Phi) is 5.00. The summed E-state index contributed by atoms with van der Waals surface area (Å²) in [7, 11) is 0. The van der Waals surface area contributed by atoms with E-state index in [1.54, 1.807) is 13.8 Å². The molecule has 0 aromatic heterocycles. The highest BCUT2D eigenvalue weighted by Crippen LogP contribution is 2.45. The van der Waals surface area contributed by atoms with Gasteiger partial charge in [-0.1, -0.05) is 44.2 Å². The molecule has 1 fully saturated rings. The van der Waals surface area contributed by atoms with Gasteiger partial charge in [-0.05, 0) is 39.2 Å². The van der Waals surface area contributed by atoms with Crippen LogP contribution in [-0.2, 0) is 6.54 Å². The van der Waals surface area contributed by atoms with E-state index in [4.69, 9.17) is 0 Å². The van der Waals surface area contributed by atoms with E-state index in [0.717, 1.165) is 19.4 Å². The van der Waals surface area contributed by atoms with Crippen molar-refractivity contribution in [3.63, 3.8) is 0 Å². The second-order valence-corrected chi connectivity index (χ2v) is 7.12. The lowest BCUT2D eigenvalue weighted by Crippen LogP contribution is -2.73. The number of likely N-dealkylation sites (tertiary alicyclic amines) is 1. The van der Waals surface area contributed by atoms with Crippen molar-refractivity contribution in [2.75, 3.05) is 0 Å². The maximum atomic E-state index is 11.0. The molecule has 2 N–H and O–H groups in total. The molecule has 0 bridgehead atoms. The Morgan fingerprint density at radius 2 is 1.59 bits per heavy atom. The molecule has 3 nitrogen and oxygen atoms in total. The van der Waals surface area contributed by atoms with Crippen molar-refractivity contribution in [3.05, 3.63) is 35.9 Å². The first kappa shape index (κ1) is 17.5. The second kappa shape index (κ2) is 6.31. The zero-order valence-corrected chi connectivity index (χ0v) is 14.6. The van der Waals surface area contributed by atoms with E-state index in [0.29, 0.717) is 0 Å². The molecule has 1 aromatic carbocycles. The number of nitrogens with zero attached hydrogens (tertiary/aromatic N) is 1. The first-order valence-electron chi connectivity index (χ1n) is 8.51. The van der Waals surface area contributed by atoms with Crippen molar-refractivity contribution < 1.29 is 10.2 Å². The largest absolute Gasteiger partial charge is 0.387 e. The third kappa shape index (κ3) is 2.70. The zero-order valence-electron chi connectivity index (χ0n) is 14.6. The average Bonchev–Trinajstić information content (AvgIpc) is 2.49. The highest BCUT2D eigenvalue weighted by atomic mass is 16.4. The molecule has 0 radical (unpaired) electrons. The van der Waals surface area contributed by atoms with Crippen LogP contribution in [0.3, 0.4) is 0 Å². The molecule has 1 aliphatic rings. The van der Waals surface area contributed by atoms with Gasteiger partial charge in [0.1, 0.15) is 5.60 Å². The third-order valence-corrected chi connectivity index (χ3v) is 6.01. The number of benzene rings is 1. The number of hydrogen-bond acceptors (Lipinski definition) is 3. The molecule has 124 valence electrons. The van der Waals surface area contributed by atoms with Crippen molar-refractivity contribution in [3.8, 4) is 0 Å². The summed E-state index contributed by atoms with van der Waals surface area (Å²) in [5.41, 5.74) is -0.955.